The Hall–Kier alpha value is -0.120. The zero-order chi connectivity index (χ0) is 12.3. The first-order chi connectivity index (χ1) is 8.22. The molecule has 100 valence electrons. The van der Waals surface area contributed by atoms with E-state index in [-0.39, 0.29) is 0 Å². The summed E-state index contributed by atoms with van der Waals surface area (Å²) in [7, 11) is 0. The van der Waals surface area contributed by atoms with Crippen LogP contribution in [0.1, 0.15) is 46.0 Å². The van der Waals surface area contributed by atoms with Crippen molar-refractivity contribution in [1.29, 1.82) is 0 Å². The molecule has 3 nitrogen and oxygen atoms in total. The van der Waals surface area contributed by atoms with Crippen LogP contribution in [0.5, 0.6) is 0 Å². The SMILES string of the molecule is CC(C)N1CCC(N2CCCCC2CCN)C1. The van der Waals surface area contributed by atoms with Crippen LogP contribution in [0.15, 0.2) is 0 Å². The maximum atomic E-state index is 5.76. The molecule has 0 aromatic rings. The topological polar surface area (TPSA) is 32.5 Å². The summed E-state index contributed by atoms with van der Waals surface area (Å²) in [5.74, 6) is 0. The molecule has 2 aliphatic heterocycles. The Balaban J connectivity index is 1.91. The minimum atomic E-state index is 0.706. The summed E-state index contributed by atoms with van der Waals surface area (Å²) in [6.45, 7) is 9.35. The molecule has 0 bridgehead atoms. The van der Waals surface area contributed by atoms with E-state index < -0.39 is 0 Å². The summed E-state index contributed by atoms with van der Waals surface area (Å²) in [5.41, 5.74) is 5.76. The summed E-state index contributed by atoms with van der Waals surface area (Å²) in [6.07, 6.45) is 6.72. The number of hydrogen-bond acceptors (Lipinski definition) is 3. The van der Waals surface area contributed by atoms with Gasteiger partial charge in [0.05, 0.1) is 0 Å². The second kappa shape index (κ2) is 6.17. The monoisotopic (exact) mass is 239 g/mol. The second-order valence-electron chi connectivity index (χ2n) is 6.00. The molecule has 2 N–H and O–H groups in total. The molecule has 0 amide bonds. The lowest BCUT2D eigenvalue weighted by Crippen LogP contribution is -2.48. The molecule has 2 rings (SSSR count). The van der Waals surface area contributed by atoms with E-state index in [0.717, 1.165) is 18.6 Å². The minimum absolute atomic E-state index is 0.706. The third-order valence-electron chi connectivity index (χ3n) is 4.57. The van der Waals surface area contributed by atoms with Crippen LogP contribution in [0.2, 0.25) is 0 Å². The van der Waals surface area contributed by atoms with Crippen molar-refractivity contribution in [3.05, 3.63) is 0 Å². The molecule has 0 radical (unpaired) electrons. The molecule has 2 unspecified atom stereocenters. The largest absolute Gasteiger partial charge is 0.330 e. The lowest BCUT2D eigenvalue weighted by atomic mass is 9.97. The first-order valence-electron chi connectivity index (χ1n) is 7.42. The zero-order valence-corrected chi connectivity index (χ0v) is 11.6. The van der Waals surface area contributed by atoms with Gasteiger partial charge < -0.3 is 5.73 Å². The Kier molecular flexibility index (Phi) is 4.83. The van der Waals surface area contributed by atoms with Crippen LogP contribution in [0.25, 0.3) is 0 Å². The van der Waals surface area contributed by atoms with Gasteiger partial charge in [-0.1, -0.05) is 6.42 Å². The van der Waals surface area contributed by atoms with Crippen molar-refractivity contribution >= 4 is 0 Å². The molecular formula is C14H29N3. The average Bonchev–Trinajstić information content (AvgIpc) is 2.79. The van der Waals surface area contributed by atoms with Crippen LogP contribution < -0.4 is 5.73 Å². The highest BCUT2D eigenvalue weighted by Gasteiger charge is 2.33. The summed E-state index contributed by atoms with van der Waals surface area (Å²) in [5, 5.41) is 0. The molecule has 17 heavy (non-hydrogen) atoms. The van der Waals surface area contributed by atoms with Crippen LogP contribution in [-0.2, 0) is 0 Å². The van der Waals surface area contributed by atoms with Crippen molar-refractivity contribution in [3.8, 4) is 0 Å². The summed E-state index contributed by atoms with van der Waals surface area (Å²) >= 11 is 0. The van der Waals surface area contributed by atoms with E-state index >= 15 is 0 Å². The van der Waals surface area contributed by atoms with Crippen molar-refractivity contribution in [2.75, 3.05) is 26.2 Å². The van der Waals surface area contributed by atoms with Gasteiger partial charge in [-0.15, -0.1) is 0 Å². The van der Waals surface area contributed by atoms with Crippen LogP contribution in [0.4, 0.5) is 0 Å². The number of rotatable bonds is 4. The molecule has 0 aromatic heterocycles. The van der Waals surface area contributed by atoms with Crippen molar-refractivity contribution < 1.29 is 0 Å². The molecule has 0 aliphatic carbocycles. The lowest BCUT2D eigenvalue weighted by molar-refractivity contribution is 0.0901. The third-order valence-corrected chi connectivity index (χ3v) is 4.57. The van der Waals surface area contributed by atoms with E-state index in [1.54, 1.807) is 0 Å². The van der Waals surface area contributed by atoms with E-state index in [9.17, 15) is 0 Å². The molecule has 2 saturated heterocycles. The molecular weight excluding hydrogens is 210 g/mol. The first-order valence-corrected chi connectivity index (χ1v) is 7.42. The van der Waals surface area contributed by atoms with Crippen LogP contribution >= 0.6 is 0 Å². The van der Waals surface area contributed by atoms with Gasteiger partial charge in [0.25, 0.3) is 0 Å². The van der Waals surface area contributed by atoms with Crippen molar-refractivity contribution in [1.82, 2.24) is 9.80 Å². The summed E-state index contributed by atoms with van der Waals surface area (Å²) in [6, 6.07) is 2.28. The number of piperidine rings is 1. The number of nitrogens with zero attached hydrogens (tertiary/aromatic N) is 2. The maximum Gasteiger partial charge on any atom is 0.0238 e. The van der Waals surface area contributed by atoms with Gasteiger partial charge in [-0.3, -0.25) is 9.80 Å². The van der Waals surface area contributed by atoms with Gasteiger partial charge in [-0.25, -0.2) is 0 Å². The maximum absolute atomic E-state index is 5.76. The molecule has 0 spiro atoms. The highest BCUT2D eigenvalue weighted by molar-refractivity contribution is 4.90. The molecule has 2 aliphatic rings. The molecule has 0 aromatic carbocycles. The molecule has 2 heterocycles. The third kappa shape index (κ3) is 3.21. The number of hydrogen-bond donors (Lipinski definition) is 1. The smallest absolute Gasteiger partial charge is 0.0238 e. The average molecular weight is 239 g/mol. The molecule has 2 fully saturated rings. The van der Waals surface area contributed by atoms with E-state index in [4.69, 9.17) is 5.73 Å². The van der Waals surface area contributed by atoms with Gasteiger partial charge in [-0.05, 0) is 52.6 Å². The normalized spacial score (nSPS) is 32.5. The van der Waals surface area contributed by atoms with E-state index in [0.29, 0.717) is 6.04 Å². The Morgan fingerprint density at radius 3 is 2.65 bits per heavy atom. The predicted molar refractivity (Wildman–Crippen MR) is 73.1 cm³/mol. The Morgan fingerprint density at radius 2 is 2.00 bits per heavy atom. The van der Waals surface area contributed by atoms with Gasteiger partial charge >= 0.3 is 0 Å². The fraction of sp³-hybridized carbons (Fsp3) is 1.00. The van der Waals surface area contributed by atoms with Gasteiger partial charge in [0, 0.05) is 31.2 Å². The van der Waals surface area contributed by atoms with Crippen LogP contribution in [0, 0.1) is 0 Å². The highest BCUT2D eigenvalue weighted by atomic mass is 15.3. The van der Waals surface area contributed by atoms with E-state index in [2.05, 4.69) is 23.6 Å². The molecule has 3 heteroatoms. The standard InChI is InChI=1S/C14H29N3/c1-12(2)16-10-7-14(11-16)17-9-4-3-5-13(17)6-8-15/h12-14H,3-11,15H2,1-2H3. The van der Waals surface area contributed by atoms with Crippen LogP contribution in [0.3, 0.4) is 0 Å². The van der Waals surface area contributed by atoms with Crippen LogP contribution in [-0.4, -0.2) is 54.1 Å². The van der Waals surface area contributed by atoms with Gasteiger partial charge in [0.2, 0.25) is 0 Å². The Bertz CT molecular complexity index is 228. The minimum Gasteiger partial charge on any atom is -0.330 e. The lowest BCUT2D eigenvalue weighted by Gasteiger charge is -2.40. The number of nitrogens with two attached hydrogens (primary N) is 1. The predicted octanol–water partition coefficient (Wildman–Crippen LogP) is 1.67. The summed E-state index contributed by atoms with van der Waals surface area (Å²) < 4.78 is 0. The summed E-state index contributed by atoms with van der Waals surface area (Å²) in [4.78, 5) is 5.40. The van der Waals surface area contributed by atoms with E-state index in [1.807, 2.05) is 0 Å². The van der Waals surface area contributed by atoms with Crippen molar-refractivity contribution in [3.63, 3.8) is 0 Å². The van der Waals surface area contributed by atoms with Gasteiger partial charge in [0.15, 0.2) is 0 Å². The quantitative estimate of drug-likeness (QED) is 0.810. The highest BCUT2D eigenvalue weighted by Crippen LogP contribution is 2.26. The Morgan fingerprint density at radius 1 is 1.18 bits per heavy atom. The second-order valence-corrected chi connectivity index (χ2v) is 6.00. The molecule has 0 saturated carbocycles. The van der Waals surface area contributed by atoms with Crippen molar-refractivity contribution in [2.45, 2.75) is 64.1 Å². The molecule has 2 atom stereocenters. The fourth-order valence-electron chi connectivity index (χ4n) is 3.51. The Labute approximate surface area is 106 Å². The number of likely N-dealkylation sites (tertiary alicyclic amines) is 2. The first kappa shape index (κ1) is 13.3. The fourth-order valence-corrected chi connectivity index (χ4v) is 3.51. The van der Waals surface area contributed by atoms with Gasteiger partial charge in [-0.2, -0.15) is 0 Å². The van der Waals surface area contributed by atoms with Crippen molar-refractivity contribution in [2.24, 2.45) is 5.73 Å². The van der Waals surface area contributed by atoms with Gasteiger partial charge in [0.1, 0.15) is 0 Å². The van der Waals surface area contributed by atoms with E-state index in [1.165, 1.54) is 51.7 Å². The zero-order valence-electron chi connectivity index (χ0n) is 11.6.